The standard InChI is InChI=1S/C21H22F3N3O2S/c1-10-7-13-9-27(17(19(25)28)15(13)8-10)20(29)16-18(30-11(2)26-16)12-3-5-14(6-4-12)21(22,23)24/h3-6,10,13,15,17H,7-9H2,1-2H3,(H2,25,28). The van der Waals surface area contributed by atoms with Gasteiger partial charge in [0.15, 0.2) is 0 Å². The van der Waals surface area contributed by atoms with Crippen molar-refractivity contribution in [3.8, 4) is 10.4 Å². The van der Waals surface area contributed by atoms with Crippen LogP contribution in [-0.4, -0.2) is 34.3 Å². The van der Waals surface area contributed by atoms with E-state index in [2.05, 4.69) is 11.9 Å². The first-order valence-electron chi connectivity index (χ1n) is 9.81. The molecule has 2 heterocycles. The molecule has 4 unspecified atom stereocenters. The van der Waals surface area contributed by atoms with E-state index in [1.165, 1.54) is 28.4 Å². The van der Waals surface area contributed by atoms with Crippen molar-refractivity contribution >= 4 is 23.2 Å². The van der Waals surface area contributed by atoms with Gasteiger partial charge in [-0.2, -0.15) is 13.2 Å². The van der Waals surface area contributed by atoms with Crippen LogP contribution in [0.15, 0.2) is 24.3 Å². The van der Waals surface area contributed by atoms with Gasteiger partial charge in [0.2, 0.25) is 5.91 Å². The number of primary amides is 1. The molecule has 1 aliphatic heterocycles. The van der Waals surface area contributed by atoms with Gasteiger partial charge in [-0.25, -0.2) is 4.98 Å². The summed E-state index contributed by atoms with van der Waals surface area (Å²) in [5.74, 6) is -0.136. The number of hydrogen-bond acceptors (Lipinski definition) is 4. The highest BCUT2D eigenvalue weighted by Gasteiger charge is 2.51. The summed E-state index contributed by atoms with van der Waals surface area (Å²) in [6.07, 6.45) is -2.63. The van der Waals surface area contributed by atoms with Crippen molar-refractivity contribution in [3.63, 3.8) is 0 Å². The minimum atomic E-state index is -4.43. The maximum absolute atomic E-state index is 13.4. The number of nitrogens with two attached hydrogens (primary N) is 1. The Morgan fingerprint density at radius 3 is 2.47 bits per heavy atom. The van der Waals surface area contributed by atoms with E-state index in [0.717, 1.165) is 25.0 Å². The van der Waals surface area contributed by atoms with E-state index in [1.54, 1.807) is 6.92 Å². The van der Waals surface area contributed by atoms with E-state index in [0.29, 0.717) is 27.9 Å². The van der Waals surface area contributed by atoms with Crippen molar-refractivity contribution in [3.05, 3.63) is 40.5 Å². The Kier molecular flexibility index (Phi) is 5.12. The first-order chi connectivity index (χ1) is 14.1. The molecule has 0 bridgehead atoms. The van der Waals surface area contributed by atoms with Crippen LogP contribution in [0.3, 0.4) is 0 Å². The van der Waals surface area contributed by atoms with Crippen molar-refractivity contribution in [2.24, 2.45) is 23.5 Å². The number of carbonyl (C=O) groups excluding carboxylic acids is 2. The molecule has 160 valence electrons. The number of benzene rings is 1. The molecule has 0 radical (unpaired) electrons. The van der Waals surface area contributed by atoms with Gasteiger partial charge in [-0.3, -0.25) is 9.59 Å². The Balaban J connectivity index is 1.67. The summed E-state index contributed by atoms with van der Waals surface area (Å²) in [5, 5.41) is 0.622. The topological polar surface area (TPSA) is 76.3 Å². The Morgan fingerprint density at radius 1 is 1.20 bits per heavy atom. The molecule has 5 nitrogen and oxygen atoms in total. The SMILES string of the molecule is Cc1nc(C(=O)N2CC3CC(C)CC3C2C(N)=O)c(-c2ccc(C(F)(F)F)cc2)s1. The van der Waals surface area contributed by atoms with E-state index in [-0.39, 0.29) is 23.4 Å². The molecule has 1 aromatic carbocycles. The third-order valence-corrected chi connectivity index (χ3v) is 7.14. The number of aromatic nitrogens is 1. The second-order valence-electron chi connectivity index (χ2n) is 8.29. The van der Waals surface area contributed by atoms with E-state index in [1.807, 2.05) is 0 Å². The molecule has 2 aliphatic rings. The Bertz CT molecular complexity index is 986. The first-order valence-corrected chi connectivity index (χ1v) is 10.6. The number of amides is 2. The summed E-state index contributed by atoms with van der Waals surface area (Å²) in [6.45, 7) is 4.32. The summed E-state index contributed by atoms with van der Waals surface area (Å²) in [6, 6.07) is 4.01. The van der Waals surface area contributed by atoms with E-state index in [9.17, 15) is 22.8 Å². The van der Waals surface area contributed by atoms with Gasteiger partial charge in [-0.05, 0) is 55.2 Å². The summed E-state index contributed by atoms with van der Waals surface area (Å²) in [5.41, 5.74) is 5.56. The number of carbonyl (C=O) groups is 2. The van der Waals surface area contributed by atoms with Gasteiger partial charge in [0.05, 0.1) is 15.4 Å². The van der Waals surface area contributed by atoms with Gasteiger partial charge < -0.3 is 10.6 Å². The van der Waals surface area contributed by atoms with Gasteiger partial charge >= 0.3 is 6.18 Å². The second-order valence-corrected chi connectivity index (χ2v) is 9.49. The minimum absolute atomic E-state index is 0.0516. The van der Waals surface area contributed by atoms with Crippen LogP contribution in [0.1, 0.15) is 40.8 Å². The molecular formula is C21H22F3N3O2S. The van der Waals surface area contributed by atoms with Gasteiger partial charge in [-0.1, -0.05) is 19.1 Å². The fourth-order valence-electron chi connectivity index (χ4n) is 4.93. The number of alkyl halides is 3. The normalized spacial score (nSPS) is 26.1. The predicted octanol–water partition coefficient (Wildman–Crippen LogP) is 4.11. The van der Waals surface area contributed by atoms with E-state index < -0.39 is 23.7 Å². The third-order valence-electron chi connectivity index (χ3n) is 6.12. The Hall–Kier alpha value is -2.42. The van der Waals surface area contributed by atoms with Crippen LogP contribution in [0, 0.1) is 24.7 Å². The van der Waals surface area contributed by atoms with Crippen molar-refractivity contribution in [2.45, 2.75) is 38.9 Å². The average molecular weight is 437 g/mol. The zero-order valence-corrected chi connectivity index (χ0v) is 17.4. The van der Waals surface area contributed by atoms with Gasteiger partial charge in [-0.15, -0.1) is 11.3 Å². The lowest BCUT2D eigenvalue weighted by Crippen LogP contribution is -2.46. The summed E-state index contributed by atoms with van der Waals surface area (Å²) in [7, 11) is 0. The largest absolute Gasteiger partial charge is 0.416 e. The average Bonchev–Trinajstić information content (AvgIpc) is 3.31. The molecule has 4 atom stereocenters. The lowest BCUT2D eigenvalue weighted by Gasteiger charge is -2.25. The molecule has 1 aliphatic carbocycles. The lowest BCUT2D eigenvalue weighted by atomic mass is 9.93. The second kappa shape index (κ2) is 7.37. The number of thiazole rings is 1. The molecule has 30 heavy (non-hydrogen) atoms. The van der Waals surface area contributed by atoms with Crippen molar-refractivity contribution in [2.75, 3.05) is 6.54 Å². The quantitative estimate of drug-likeness (QED) is 0.785. The molecule has 1 saturated heterocycles. The van der Waals surface area contributed by atoms with Crippen LogP contribution in [0.2, 0.25) is 0 Å². The maximum atomic E-state index is 13.4. The number of halogens is 3. The zero-order chi connectivity index (χ0) is 21.8. The van der Waals surface area contributed by atoms with Crippen LogP contribution in [0.4, 0.5) is 13.2 Å². The van der Waals surface area contributed by atoms with Gasteiger partial charge in [0.1, 0.15) is 11.7 Å². The van der Waals surface area contributed by atoms with Crippen molar-refractivity contribution < 1.29 is 22.8 Å². The first kappa shape index (κ1) is 20.8. The molecule has 4 rings (SSSR count). The van der Waals surface area contributed by atoms with Crippen LogP contribution in [0.25, 0.3) is 10.4 Å². The highest BCUT2D eigenvalue weighted by molar-refractivity contribution is 7.15. The molecule has 1 aromatic heterocycles. The molecule has 2 N–H and O–H groups in total. The van der Waals surface area contributed by atoms with Crippen LogP contribution < -0.4 is 5.73 Å². The molecule has 2 amide bonds. The number of aryl methyl sites for hydroxylation is 1. The maximum Gasteiger partial charge on any atom is 0.416 e. The van der Waals surface area contributed by atoms with Crippen LogP contribution >= 0.6 is 11.3 Å². The summed E-state index contributed by atoms with van der Waals surface area (Å²) < 4.78 is 38.6. The molecule has 1 saturated carbocycles. The number of hydrogen-bond donors (Lipinski definition) is 1. The van der Waals surface area contributed by atoms with E-state index >= 15 is 0 Å². The van der Waals surface area contributed by atoms with E-state index in [4.69, 9.17) is 5.73 Å². The molecular weight excluding hydrogens is 415 g/mol. The number of fused-ring (bicyclic) bond motifs is 1. The Morgan fingerprint density at radius 2 is 1.87 bits per heavy atom. The zero-order valence-electron chi connectivity index (χ0n) is 16.6. The smallest absolute Gasteiger partial charge is 0.368 e. The molecule has 2 aromatic rings. The summed E-state index contributed by atoms with van der Waals surface area (Å²) >= 11 is 1.24. The highest BCUT2D eigenvalue weighted by Crippen LogP contribution is 2.46. The van der Waals surface area contributed by atoms with Crippen molar-refractivity contribution in [1.29, 1.82) is 0 Å². The highest BCUT2D eigenvalue weighted by atomic mass is 32.1. The molecule has 9 heteroatoms. The van der Waals surface area contributed by atoms with Gasteiger partial charge in [0.25, 0.3) is 5.91 Å². The fourth-order valence-corrected chi connectivity index (χ4v) is 5.84. The summed E-state index contributed by atoms with van der Waals surface area (Å²) in [4.78, 5) is 32.0. The van der Waals surface area contributed by atoms with Gasteiger partial charge in [0, 0.05) is 6.54 Å². The Labute approximate surface area is 176 Å². The van der Waals surface area contributed by atoms with Crippen molar-refractivity contribution in [1.82, 2.24) is 9.88 Å². The number of likely N-dealkylation sites (tertiary alicyclic amines) is 1. The lowest BCUT2D eigenvalue weighted by molar-refractivity contribution is -0.137. The van der Waals surface area contributed by atoms with Crippen LogP contribution in [0.5, 0.6) is 0 Å². The third kappa shape index (κ3) is 3.59. The monoisotopic (exact) mass is 437 g/mol. The van der Waals surface area contributed by atoms with Crippen LogP contribution in [-0.2, 0) is 11.0 Å². The number of rotatable bonds is 3. The fraction of sp³-hybridized carbons (Fsp3) is 0.476. The minimum Gasteiger partial charge on any atom is -0.368 e. The number of nitrogens with zero attached hydrogens (tertiary/aromatic N) is 2. The predicted molar refractivity (Wildman–Crippen MR) is 107 cm³/mol. The molecule has 2 fully saturated rings. The molecule has 0 spiro atoms.